The Kier molecular flexibility index (Phi) is 5.19. The van der Waals surface area contributed by atoms with Gasteiger partial charge in [-0.25, -0.2) is 4.98 Å². The van der Waals surface area contributed by atoms with Gasteiger partial charge in [-0.1, -0.05) is 26.7 Å². The summed E-state index contributed by atoms with van der Waals surface area (Å²) < 4.78 is 1.66. The Balaban J connectivity index is 2.85. The minimum absolute atomic E-state index is 0.0344. The van der Waals surface area contributed by atoms with Crippen molar-refractivity contribution in [2.75, 3.05) is 5.32 Å². The molecule has 4 nitrogen and oxygen atoms in total. The van der Waals surface area contributed by atoms with Crippen molar-refractivity contribution in [3.8, 4) is 0 Å². The molecule has 0 saturated heterocycles. The number of hydrogen-bond donors (Lipinski definition) is 1. The molecular formula is C13H23N3O. The molecule has 0 aliphatic heterocycles. The van der Waals surface area contributed by atoms with Crippen molar-refractivity contribution in [3.63, 3.8) is 0 Å². The average Bonchev–Trinajstić information content (AvgIpc) is 2.33. The van der Waals surface area contributed by atoms with Crippen molar-refractivity contribution < 1.29 is 0 Å². The molecule has 0 saturated carbocycles. The molecule has 0 bridgehead atoms. The van der Waals surface area contributed by atoms with Crippen LogP contribution >= 0.6 is 0 Å². The SMILES string of the molecule is CCC(CC)C(C)Nc1nccn(CC)c1=O. The molecule has 1 atom stereocenters. The van der Waals surface area contributed by atoms with Gasteiger partial charge in [-0.05, 0) is 19.8 Å². The van der Waals surface area contributed by atoms with E-state index < -0.39 is 0 Å². The molecule has 17 heavy (non-hydrogen) atoms. The molecule has 96 valence electrons. The number of rotatable bonds is 6. The summed E-state index contributed by atoms with van der Waals surface area (Å²) in [4.78, 5) is 16.1. The van der Waals surface area contributed by atoms with Crippen LogP contribution in [0.5, 0.6) is 0 Å². The molecule has 0 radical (unpaired) electrons. The minimum Gasteiger partial charge on any atom is -0.363 e. The van der Waals surface area contributed by atoms with Crippen molar-refractivity contribution >= 4 is 5.82 Å². The lowest BCUT2D eigenvalue weighted by molar-refractivity contribution is 0.436. The fraction of sp³-hybridized carbons (Fsp3) is 0.692. The van der Waals surface area contributed by atoms with Gasteiger partial charge in [0.15, 0.2) is 5.82 Å². The van der Waals surface area contributed by atoms with E-state index >= 15 is 0 Å². The molecule has 1 rings (SSSR count). The van der Waals surface area contributed by atoms with Crippen LogP contribution in [0.25, 0.3) is 0 Å². The van der Waals surface area contributed by atoms with Gasteiger partial charge >= 0.3 is 0 Å². The van der Waals surface area contributed by atoms with Crippen molar-refractivity contribution in [2.24, 2.45) is 5.92 Å². The van der Waals surface area contributed by atoms with Crippen molar-refractivity contribution in [1.29, 1.82) is 0 Å². The highest BCUT2D eigenvalue weighted by Gasteiger charge is 2.15. The fourth-order valence-electron chi connectivity index (χ4n) is 2.12. The quantitative estimate of drug-likeness (QED) is 0.827. The summed E-state index contributed by atoms with van der Waals surface area (Å²) in [7, 11) is 0. The lowest BCUT2D eigenvalue weighted by Gasteiger charge is -2.22. The topological polar surface area (TPSA) is 46.9 Å². The molecular weight excluding hydrogens is 214 g/mol. The van der Waals surface area contributed by atoms with E-state index in [1.807, 2.05) is 6.92 Å². The number of anilines is 1. The molecule has 0 aromatic carbocycles. The second kappa shape index (κ2) is 6.42. The van der Waals surface area contributed by atoms with Crippen LogP contribution in [0, 0.1) is 5.92 Å². The van der Waals surface area contributed by atoms with E-state index in [9.17, 15) is 4.79 Å². The molecule has 1 aromatic heterocycles. The van der Waals surface area contributed by atoms with Gasteiger partial charge in [0.1, 0.15) is 0 Å². The maximum absolute atomic E-state index is 12.0. The summed E-state index contributed by atoms with van der Waals surface area (Å²) >= 11 is 0. The third-order valence-corrected chi connectivity index (χ3v) is 3.37. The second-order valence-corrected chi connectivity index (χ2v) is 4.38. The summed E-state index contributed by atoms with van der Waals surface area (Å²) in [5.41, 5.74) is -0.0344. The van der Waals surface area contributed by atoms with E-state index in [4.69, 9.17) is 0 Å². The van der Waals surface area contributed by atoms with E-state index in [0.717, 1.165) is 12.8 Å². The molecule has 1 unspecified atom stereocenters. The standard InChI is InChI=1S/C13H23N3O/c1-5-11(6-2)10(4)15-12-13(17)16(7-3)9-8-14-12/h8-11H,5-7H2,1-4H3,(H,14,15). The summed E-state index contributed by atoms with van der Waals surface area (Å²) in [6, 6.07) is 0.276. The van der Waals surface area contributed by atoms with Crippen LogP contribution in [-0.4, -0.2) is 15.6 Å². The van der Waals surface area contributed by atoms with Crippen LogP contribution in [0.2, 0.25) is 0 Å². The van der Waals surface area contributed by atoms with E-state index in [-0.39, 0.29) is 11.6 Å². The van der Waals surface area contributed by atoms with Gasteiger partial charge in [0.25, 0.3) is 5.56 Å². The molecule has 1 aromatic rings. The lowest BCUT2D eigenvalue weighted by Crippen LogP contribution is -2.31. The van der Waals surface area contributed by atoms with Gasteiger partial charge in [0, 0.05) is 25.0 Å². The molecule has 1 heterocycles. The van der Waals surface area contributed by atoms with Crippen molar-refractivity contribution in [2.45, 2.75) is 53.1 Å². The van der Waals surface area contributed by atoms with Crippen LogP contribution in [0.3, 0.4) is 0 Å². The highest BCUT2D eigenvalue weighted by atomic mass is 16.1. The van der Waals surface area contributed by atoms with Gasteiger partial charge < -0.3 is 9.88 Å². The van der Waals surface area contributed by atoms with Crippen LogP contribution in [0.4, 0.5) is 5.82 Å². The Hall–Kier alpha value is -1.32. The Morgan fingerprint density at radius 3 is 2.53 bits per heavy atom. The van der Waals surface area contributed by atoms with Gasteiger partial charge in [-0.2, -0.15) is 0 Å². The normalized spacial score (nSPS) is 12.8. The summed E-state index contributed by atoms with van der Waals surface area (Å²) in [5, 5.41) is 3.24. The average molecular weight is 237 g/mol. The van der Waals surface area contributed by atoms with Crippen molar-refractivity contribution in [3.05, 3.63) is 22.7 Å². The van der Waals surface area contributed by atoms with E-state index in [2.05, 4.69) is 31.1 Å². The van der Waals surface area contributed by atoms with Crippen LogP contribution < -0.4 is 10.9 Å². The largest absolute Gasteiger partial charge is 0.363 e. The first-order valence-electron chi connectivity index (χ1n) is 6.45. The molecule has 0 spiro atoms. The van der Waals surface area contributed by atoms with E-state index in [0.29, 0.717) is 18.3 Å². The number of hydrogen-bond acceptors (Lipinski definition) is 3. The Bertz CT molecular complexity index is 396. The highest BCUT2D eigenvalue weighted by Crippen LogP contribution is 2.15. The van der Waals surface area contributed by atoms with Gasteiger partial charge in [0.05, 0.1) is 0 Å². The van der Waals surface area contributed by atoms with Crippen LogP contribution in [0.1, 0.15) is 40.5 Å². The highest BCUT2D eigenvalue weighted by molar-refractivity contribution is 5.32. The molecule has 1 N–H and O–H groups in total. The monoisotopic (exact) mass is 237 g/mol. The number of aryl methyl sites for hydroxylation is 1. The molecule has 0 amide bonds. The predicted octanol–water partition coefficient (Wildman–Crippen LogP) is 2.50. The Morgan fingerprint density at radius 1 is 1.35 bits per heavy atom. The van der Waals surface area contributed by atoms with E-state index in [1.165, 1.54) is 0 Å². The van der Waals surface area contributed by atoms with E-state index in [1.54, 1.807) is 17.0 Å². The Labute approximate surface area is 103 Å². The predicted molar refractivity (Wildman–Crippen MR) is 71.3 cm³/mol. The molecule has 0 fully saturated rings. The first-order valence-corrected chi connectivity index (χ1v) is 6.45. The van der Waals surface area contributed by atoms with Gasteiger partial charge in [0.2, 0.25) is 0 Å². The lowest BCUT2D eigenvalue weighted by atomic mass is 9.95. The summed E-state index contributed by atoms with van der Waals surface area (Å²) in [6.07, 6.45) is 5.61. The first kappa shape index (κ1) is 13.7. The zero-order chi connectivity index (χ0) is 12.8. The number of nitrogens with zero attached hydrogens (tertiary/aromatic N) is 2. The summed E-state index contributed by atoms with van der Waals surface area (Å²) in [6.45, 7) is 9.09. The van der Waals surface area contributed by atoms with Crippen LogP contribution in [-0.2, 0) is 6.54 Å². The Morgan fingerprint density at radius 2 is 2.00 bits per heavy atom. The van der Waals surface area contributed by atoms with Gasteiger partial charge in [-0.3, -0.25) is 4.79 Å². The number of aromatic nitrogens is 2. The second-order valence-electron chi connectivity index (χ2n) is 4.38. The molecule has 4 heteroatoms. The van der Waals surface area contributed by atoms with Crippen LogP contribution in [0.15, 0.2) is 17.2 Å². The third-order valence-electron chi connectivity index (χ3n) is 3.37. The van der Waals surface area contributed by atoms with Crippen molar-refractivity contribution in [1.82, 2.24) is 9.55 Å². The first-order chi connectivity index (χ1) is 8.13. The smallest absolute Gasteiger partial charge is 0.293 e. The fourth-order valence-corrected chi connectivity index (χ4v) is 2.12. The minimum atomic E-state index is -0.0344. The maximum atomic E-state index is 12.0. The van der Waals surface area contributed by atoms with Gasteiger partial charge in [-0.15, -0.1) is 0 Å². The molecule has 0 aliphatic rings. The maximum Gasteiger partial charge on any atom is 0.293 e. The summed E-state index contributed by atoms with van der Waals surface area (Å²) in [5.74, 6) is 1.04. The zero-order valence-corrected chi connectivity index (χ0v) is 11.2. The third kappa shape index (κ3) is 3.32. The number of nitrogens with one attached hydrogen (secondary N) is 1. The molecule has 0 aliphatic carbocycles. The zero-order valence-electron chi connectivity index (χ0n) is 11.2.